The molecule has 12 heteroatoms. The van der Waals surface area contributed by atoms with E-state index in [0.29, 0.717) is 21.2 Å². The summed E-state index contributed by atoms with van der Waals surface area (Å²) >= 11 is 12.2. The zero-order valence-electron chi connectivity index (χ0n) is 24.6. The highest BCUT2D eigenvalue weighted by atomic mass is 35.5. The summed E-state index contributed by atoms with van der Waals surface area (Å²) < 4.78 is 13.7. The van der Waals surface area contributed by atoms with Gasteiger partial charge in [0, 0.05) is 19.5 Å². The molecule has 4 aromatic rings. The summed E-state index contributed by atoms with van der Waals surface area (Å²) in [5.74, 6) is -1.01. The number of hydrogen-bond acceptors (Lipinski definition) is 5. The van der Waals surface area contributed by atoms with Crippen molar-refractivity contribution >= 4 is 51.8 Å². The molecule has 0 bridgehead atoms. The van der Waals surface area contributed by atoms with E-state index in [-0.39, 0.29) is 51.0 Å². The molecule has 9 nitrogen and oxygen atoms in total. The predicted molar refractivity (Wildman–Crippen MR) is 172 cm³/mol. The SMILES string of the molecule is N#CCN(C(=O)NCc1ccc(Cl)c(Cl)c1)N1CC(=O)N2[C@@H](Cc3ccc(F)cc3)C(=O)N(Cc3cccc4ccccc34)C[C@@H]21. The number of nitriles is 1. The number of piperazine rings is 1. The minimum absolute atomic E-state index is 0.104. The molecule has 2 saturated heterocycles. The Morgan fingerprint density at radius 3 is 2.48 bits per heavy atom. The van der Waals surface area contributed by atoms with Gasteiger partial charge in [-0.3, -0.25) is 9.59 Å². The lowest BCUT2D eigenvalue weighted by molar-refractivity contribution is -0.157. The third-order valence-corrected chi connectivity index (χ3v) is 9.08. The van der Waals surface area contributed by atoms with E-state index in [9.17, 15) is 24.0 Å². The molecule has 0 unspecified atom stereocenters. The number of hydrogen-bond donors (Lipinski definition) is 1. The van der Waals surface area contributed by atoms with E-state index >= 15 is 0 Å². The van der Waals surface area contributed by atoms with E-state index in [0.717, 1.165) is 16.3 Å². The highest BCUT2D eigenvalue weighted by Gasteiger charge is 2.52. The number of halogens is 3. The first-order valence-corrected chi connectivity index (χ1v) is 15.4. The van der Waals surface area contributed by atoms with Gasteiger partial charge in [-0.05, 0) is 51.7 Å². The molecule has 1 N–H and O–H groups in total. The van der Waals surface area contributed by atoms with Crippen LogP contribution in [0.1, 0.15) is 16.7 Å². The first kappa shape index (κ1) is 31.3. The average molecular weight is 660 g/mol. The van der Waals surface area contributed by atoms with Crippen LogP contribution >= 0.6 is 23.2 Å². The molecule has 234 valence electrons. The molecular formula is C34H29Cl2FN6O3. The number of carbonyl (C=O) groups excluding carboxylic acids is 3. The zero-order chi connectivity index (χ0) is 32.4. The molecule has 2 aliphatic heterocycles. The fourth-order valence-corrected chi connectivity index (χ4v) is 6.46. The van der Waals surface area contributed by atoms with E-state index in [4.69, 9.17) is 23.2 Å². The number of nitrogens with zero attached hydrogens (tertiary/aromatic N) is 5. The van der Waals surface area contributed by atoms with Crippen LogP contribution in [-0.2, 0) is 29.1 Å². The second-order valence-corrected chi connectivity index (χ2v) is 12.0. The smallest absolute Gasteiger partial charge is 0.333 e. The molecule has 0 spiro atoms. The molecule has 0 aliphatic carbocycles. The standard InChI is InChI=1S/C34H29Cl2FN6O3/c35-28-13-10-23(16-29(28)36)18-39-34(46)41(15-14-38)42-21-32(44)43-30(17-22-8-11-26(37)12-9-22)33(45)40(20-31(42)43)19-25-6-3-5-24-4-1-2-7-27(24)25/h1-13,16,30-31H,15,17-21H2,(H,39,46)/t30-,31+/m0/s1. The molecule has 2 atom stereocenters. The van der Waals surface area contributed by atoms with Crippen LogP contribution in [0.5, 0.6) is 0 Å². The van der Waals surface area contributed by atoms with Gasteiger partial charge in [0.05, 0.1) is 29.2 Å². The molecule has 0 saturated carbocycles. The largest absolute Gasteiger partial charge is 0.333 e. The van der Waals surface area contributed by atoms with Crippen molar-refractivity contribution in [1.82, 2.24) is 25.1 Å². The Labute approximate surface area is 275 Å². The van der Waals surface area contributed by atoms with E-state index in [1.165, 1.54) is 22.0 Å². The number of urea groups is 1. The highest BCUT2D eigenvalue weighted by Crippen LogP contribution is 2.31. The first-order chi connectivity index (χ1) is 22.2. The van der Waals surface area contributed by atoms with Crippen molar-refractivity contribution in [2.75, 3.05) is 19.6 Å². The number of rotatable bonds is 8. The van der Waals surface area contributed by atoms with Crippen LogP contribution in [0.4, 0.5) is 9.18 Å². The van der Waals surface area contributed by atoms with Crippen LogP contribution in [0.25, 0.3) is 10.8 Å². The number of benzene rings is 4. The fourth-order valence-electron chi connectivity index (χ4n) is 6.13. The maximum atomic E-state index is 14.1. The minimum atomic E-state index is -0.903. The summed E-state index contributed by atoms with van der Waals surface area (Å²) in [6, 6.07) is 25.2. The molecular weight excluding hydrogens is 630 g/mol. The minimum Gasteiger partial charge on any atom is -0.333 e. The monoisotopic (exact) mass is 658 g/mol. The third kappa shape index (κ3) is 6.35. The van der Waals surface area contributed by atoms with Crippen molar-refractivity contribution in [3.63, 3.8) is 0 Å². The number of carbonyl (C=O) groups is 3. The van der Waals surface area contributed by atoms with Crippen molar-refractivity contribution in [3.8, 4) is 6.07 Å². The molecule has 2 heterocycles. The van der Waals surface area contributed by atoms with Crippen LogP contribution in [0.2, 0.25) is 10.0 Å². The zero-order valence-corrected chi connectivity index (χ0v) is 26.1. The van der Waals surface area contributed by atoms with Gasteiger partial charge in [-0.1, -0.05) is 83.9 Å². The molecule has 46 heavy (non-hydrogen) atoms. The van der Waals surface area contributed by atoms with E-state index < -0.39 is 24.1 Å². The maximum Gasteiger partial charge on any atom is 0.333 e. The lowest BCUT2D eigenvalue weighted by Crippen LogP contribution is -2.66. The van der Waals surface area contributed by atoms with Crippen molar-refractivity contribution < 1.29 is 18.8 Å². The Kier molecular flexibility index (Phi) is 9.08. The lowest BCUT2D eigenvalue weighted by Gasteiger charge is -2.46. The Morgan fingerprint density at radius 1 is 0.978 bits per heavy atom. The van der Waals surface area contributed by atoms with Crippen LogP contribution in [0.15, 0.2) is 84.9 Å². The van der Waals surface area contributed by atoms with E-state index in [1.807, 2.05) is 48.5 Å². The summed E-state index contributed by atoms with van der Waals surface area (Å²) in [4.78, 5) is 44.5. The normalized spacial score (nSPS) is 18.0. The number of hydrazine groups is 1. The van der Waals surface area contributed by atoms with Crippen molar-refractivity contribution in [1.29, 1.82) is 5.26 Å². The number of fused-ring (bicyclic) bond motifs is 2. The third-order valence-electron chi connectivity index (χ3n) is 8.34. The average Bonchev–Trinajstić information content (AvgIpc) is 3.38. The van der Waals surface area contributed by atoms with Crippen molar-refractivity contribution in [2.45, 2.75) is 31.7 Å². The fraction of sp³-hybridized carbons (Fsp3) is 0.235. The summed E-state index contributed by atoms with van der Waals surface area (Å²) in [5.41, 5.74) is 2.32. The quantitative estimate of drug-likeness (QED) is 0.257. The number of amides is 4. The Bertz CT molecular complexity index is 1840. The van der Waals surface area contributed by atoms with Crippen LogP contribution in [-0.4, -0.2) is 69.5 Å². The molecule has 0 radical (unpaired) electrons. The molecule has 4 amide bonds. The summed E-state index contributed by atoms with van der Waals surface area (Å²) in [7, 11) is 0. The topological polar surface area (TPSA) is 100.0 Å². The van der Waals surface area contributed by atoms with Gasteiger partial charge in [-0.15, -0.1) is 0 Å². The predicted octanol–water partition coefficient (Wildman–Crippen LogP) is 5.36. The molecule has 6 rings (SSSR count). The summed E-state index contributed by atoms with van der Waals surface area (Å²) in [5, 5.41) is 18.0. The van der Waals surface area contributed by atoms with Crippen LogP contribution in [0.3, 0.4) is 0 Å². The van der Waals surface area contributed by atoms with Gasteiger partial charge in [-0.25, -0.2) is 14.2 Å². The Balaban J connectivity index is 1.31. The van der Waals surface area contributed by atoms with Gasteiger partial charge >= 0.3 is 6.03 Å². The Hall–Kier alpha value is -4.69. The lowest BCUT2D eigenvalue weighted by atomic mass is 9.99. The summed E-state index contributed by atoms with van der Waals surface area (Å²) in [6.45, 7) is -0.0523. The molecule has 0 aromatic heterocycles. The second kappa shape index (κ2) is 13.3. The molecule has 2 fully saturated rings. The van der Waals surface area contributed by atoms with E-state index in [2.05, 4.69) is 5.32 Å². The maximum absolute atomic E-state index is 14.1. The van der Waals surface area contributed by atoms with Gasteiger partial charge in [-0.2, -0.15) is 10.3 Å². The highest BCUT2D eigenvalue weighted by molar-refractivity contribution is 6.42. The van der Waals surface area contributed by atoms with Crippen molar-refractivity contribution in [3.05, 3.63) is 117 Å². The first-order valence-electron chi connectivity index (χ1n) is 14.7. The Morgan fingerprint density at radius 2 is 1.72 bits per heavy atom. The molecule has 4 aromatic carbocycles. The van der Waals surface area contributed by atoms with Gasteiger partial charge in [0.25, 0.3) is 0 Å². The van der Waals surface area contributed by atoms with Gasteiger partial charge in [0.2, 0.25) is 11.8 Å². The van der Waals surface area contributed by atoms with Crippen LogP contribution in [0, 0.1) is 17.1 Å². The second-order valence-electron chi connectivity index (χ2n) is 11.2. The van der Waals surface area contributed by atoms with Gasteiger partial charge in [0.1, 0.15) is 24.6 Å². The van der Waals surface area contributed by atoms with E-state index in [1.54, 1.807) is 40.2 Å². The van der Waals surface area contributed by atoms with Crippen LogP contribution < -0.4 is 5.32 Å². The van der Waals surface area contributed by atoms with Crippen molar-refractivity contribution in [2.24, 2.45) is 0 Å². The summed E-state index contributed by atoms with van der Waals surface area (Å²) in [6.07, 6.45) is -0.571. The van der Waals surface area contributed by atoms with Gasteiger partial charge in [0.15, 0.2) is 0 Å². The van der Waals surface area contributed by atoms with Gasteiger partial charge < -0.3 is 15.1 Å². The molecule has 2 aliphatic rings. The number of nitrogens with one attached hydrogen (secondary N) is 1.